The van der Waals surface area contributed by atoms with E-state index in [1.54, 1.807) is 0 Å². The number of carbonyl (C=O) groups excluding carboxylic acids is 2. The van der Waals surface area contributed by atoms with Crippen molar-refractivity contribution in [1.29, 1.82) is 0 Å². The predicted molar refractivity (Wildman–Crippen MR) is 90.1 cm³/mol. The second kappa shape index (κ2) is 6.42. The normalized spacial score (nSPS) is 12.2. The van der Waals surface area contributed by atoms with E-state index in [0.717, 1.165) is 4.88 Å². The number of aromatic nitrogens is 2. The average molecular weight is 345 g/mol. The number of fused-ring (bicyclic) bond motifs is 1. The monoisotopic (exact) mass is 345 g/mol. The molecule has 1 amide bonds. The van der Waals surface area contributed by atoms with E-state index >= 15 is 0 Å². The van der Waals surface area contributed by atoms with Gasteiger partial charge in [0.1, 0.15) is 28.6 Å². The van der Waals surface area contributed by atoms with E-state index in [1.807, 2.05) is 17.5 Å². The fourth-order valence-electron chi connectivity index (χ4n) is 2.30. The first kappa shape index (κ1) is 16.2. The maximum absolute atomic E-state index is 12.4. The van der Waals surface area contributed by atoms with E-state index < -0.39 is 18.6 Å². The quantitative estimate of drug-likeness (QED) is 0.561. The molecule has 124 valence electrons. The van der Waals surface area contributed by atoms with Crippen LogP contribution in [-0.4, -0.2) is 44.5 Å². The molecule has 0 aliphatic heterocycles. The number of aliphatic hydroxyl groups excluding tert-OH is 1. The summed E-state index contributed by atoms with van der Waals surface area (Å²) in [5.74, 6) is -0.372. The number of ketones is 1. The number of rotatable bonds is 5. The van der Waals surface area contributed by atoms with Gasteiger partial charge in [-0.3, -0.25) is 9.59 Å². The van der Waals surface area contributed by atoms with Gasteiger partial charge in [0, 0.05) is 0 Å². The Hall–Kier alpha value is -2.71. The van der Waals surface area contributed by atoms with Crippen molar-refractivity contribution in [1.82, 2.24) is 15.3 Å². The number of aromatic hydroxyl groups is 1. The number of nitrogens with one attached hydrogen (secondary N) is 2. The molecule has 3 rings (SSSR count). The van der Waals surface area contributed by atoms with Crippen LogP contribution < -0.4 is 5.32 Å². The van der Waals surface area contributed by atoms with Gasteiger partial charge in [0.2, 0.25) is 0 Å². The highest BCUT2D eigenvalue weighted by Crippen LogP contribution is 2.30. The molecule has 0 radical (unpaired) electrons. The Morgan fingerprint density at radius 2 is 2.17 bits per heavy atom. The largest absolute Gasteiger partial charge is 0.506 e. The van der Waals surface area contributed by atoms with E-state index in [0.29, 0.717) is 16.9 Å². The Bertz CT molecular complexity index is 902. The smallest absolute Gasteiger partial charge is 0.254 e. The van der Waals surface area contributed by atoms with Gasteiger partial charge in [0.15, 0.2) is 5.78 Å². The van der Waals surface area contributed by atoms with Crippen LogP contribution in [0.4, 0.5) is 0 Å². The number of carbonyl (C=O) groups is 2. The third-order valence-electron chi connectivity index (χ3n) is 3.60. The van der Waals surface area contributed by atoms with E-state index in [1.165, 1.54) is 30.4 Å². The highest BCUT2D eigenvalue weighted by Gasteiger charge is 2.21. The van der Waals surface area contributed by atoms with E-state index in [2.05, 4.69) is 15.3 Å². The highest BCUT2D eigenvalue weighted by molar-refractivity contribution is 7.13. The minimum Gasteiger partial charge on any atom is -0.506 e. The van der Waals surface area contributed by atoms with Crippen LogP contribution in [0.5, 0.6) is 5.75 Å². The lowest BCUT2D eigenvalue weighted by Gasteiger charge is -2.13. The van der Waals surface area contributed by atoms with Crippen molar-refractivity contribution in [3.63, 3.8) is 0 Å². The van der Waals surface area contributed by atoms with Crippen molar-refractivity contribution < 1.29 is 19.8 Å². The molecular formula is C16H15N3O4S. The van der Waals surface area contributed by atoms with Gasteiger partial charge >= 0.3 is 0 Å². The van der Waals surface area contributed by atoms with Crippen LogP contribution in [0.3, 0.4) is 0 Å². The molecule has 2 aromatic heterocycles. The Morgan fingerprint density at radius 3 is 2.79 bits per heavy atom. The summed E-state index contributed by atoms with van der Waals surface area (Å²) in [7, 11) is 0. The Kier molecular flexibility index (Phi) is 4.32. The average Bonchev–Trinajstić information content (AvgIpc) is 3.21. The lowest BCUT2D eigenvalue weighted by Crippen LogP contribution is -2.42. The molecule has 0 fully saturated rings. The van der Waals surface area contributed by atoms with Crippen LogP contribution in [0.2, 0.25) is 0 Å². The number of aromatic amines is 1. The summed E-state index contributed by atoms with van der Waals surface area (Å²) in [6.45, 7) is 0.806. The molecule has 0 aliphatic rings. The van der Waals surface area contributed by atoms with Gasteiger partial charge in [-0.2, -0.15) is 0 Å². The molecule has 7 nitrogen and oxygen atoms in total. The van der Waals surface area contributed by atoms with E-state index in [9.17, 15) is 19.8 Å². The summed E-state index contributed by atoms with van der Waals surface area (Å²) in [4.78, 5) is 32.1. The van der Waals surface area contributed by atoms with Crippen molar-refractivity contribution in [2.75, 3.05) is 6.61 Å². The van der Waals surface area contributed by atoms with Crippen LogP contribution >= 0.6 is 11.3 Å². The predicted octanol–water partition coefficient (Wildman–Crippen LogP) is 1.68. The van der Waals surface area contributed by atoms with Gasteiger partial charge in [-0.1, -0.05) is 6.07 Å². The first-order valence-corrected chi connectivity index (χ1v) is 8.07. The minimum atomic E-state index is -0.975. The molecule has 1 atom stereocenters. The third kappa shape index (κ3) is 2.89. The van der Waals surface area contributed by atoms with Crippen molar-refractivity contribution in [3.05, 3.63) is 35.2 Å². The number of hydrogen-bond acceptors (Lipinski definition) is 6. The van der Waals surface area contributed by atoms with E-state index in [-0.39, 0.29) is 17.1 Å². The first-order chi connectivity index (χ1) is 11.5. The molecule has 1 unspecified atom stereocenters. The fraction of sp³-hybridized carbons (Fsp3) is 0.188. The standard InChI is InChI=1S/C16H15N3O4S/c1-8(21)10(7-20)17-16(23)9-4-5-11(22)14-13(9)18-15(19-14)12-3-2-6-24-12/h2-6,10,20,22H,7H2,1H3,(H,17,23)(H,18,19). The molecule has 0 bridgehead atoms. The minimum absolute atomic E-state index is 0.0258. The molecule has 1 aromatic carbocycles. The zero-order valence-electron chi connectivity index (χ0n) is 12.7. The number of H-pyrrole nitrogens is 1. The summed E-state index contributed by atoms with van der Waals surface area (Å²) in [5, 5.41) is 23.6. The molecular weight excluding hydrogens is 330 g/mol. The number of thiophene rings is 1. The molecule has 24 heavy (non-hydrogen) atoms. The number of phenols is 1. The highest BCUT2D eigenvalue weighted by atomic mass is 32.1. The number of benzene rings is 1. The number of phenolic OH excluding ortho intramolecular Hbond substituents is 1. The van der Waals surface area contributed by atoms with Crippen LogP contribution in [-0.2, 0) is 4.79 Å². The Balaban J connectivity index is 2.03. The SMILES string of the molecule is CC(=O)C(CO)NC(=O)c1ccc(O)c2[nH]c(-c3cccs3)nc12. The topological polar surface area (TPSA) is 115 Å². The van der Waals surface area contributed by atoms with Gasteiger partial charge in [-0.05, 0) is 30.5 Å². The molecule has 0 aliphatic carbocycles. The van der Waals surface area contributed by atoms with Gasteiger partial charge in [-0.25, -0.2) is 4.98 Å². The first-order valence-electron chi connectivity index (χ1n) is 7.19. The van der Waals surface area contributed by atoms with E-state index in [4.69, 9.17) is 0 Å². The van der Waals surface area contributed by atoms with Crippen LogP contribution in [0, 0.1) is 0 Å². The third-order valence-corrected chi connectivity index (χ3v) is 4.48. The Morgan fingerprint density at radius 1 is 1.38 bits per heavy atom. The summed E-state index contributed by atoms with van der Waals surface area (Å²) >= 11 is 1.48. The Labute approximate surface area is 141 Å². The number of amides is 1. The number of Topliss-reactive ketones (excluding diaryl/α,β-unsaturated/α-hetero) is 1. The maximum atomic E-state index is 12.4. The zero-order valence-corrected chi connectivity index (χ0v) is 13.6. The van der Waals surface area contributed by atoms with Crippen molar-refractivity contribution in [3.8, 4) is 16.5 Å². The number of hydrogen-bond donors (Lipinski definition) is 4. The number of aliphatic hydroxyl groups is 1. The lowest BCUT2D eigenvalue weighted by atomic mass is 10.1. The summed E-state index contributed by atoms with van der Waals surface area (Å²) < 4.78 is 0. The second-order valence-electron chi connectivity index (χ2n) is 5.24. The summed E-state index contributed by atoms with van der Waals surface area (Å²) in [6.07, 6.45) is 0. The van der Waals surface area contributed by atoms with Gasteiger partial charge in [0.25, 0.3) is 5.91 Å². The molecule has 2 heterocycles. The van der Waals surface area contributed by atoms with Crippen LogP contribution in [0.15, 0.2) is 29.6 Å². The lowest BCUT2D eigenvalue weighted by molar-refractivity contribution is -0.119. The van der Waals surface area contributed by atoms with Gasteiger partial charge in [-0.15, -0.1) is 11.3 Å². The number of nitrogens with zero attached hydrogens (tertiary/aromatic N) is 1. The summed E-state index contributed by atoms with van der Waals surface area (Å²) in [6, 6.07) is 5.59. The molecule has 0 saturated carbocycles. The van der Waals surface area contributed by atoms with Gasteiger partial charge < -0.3 is 20.5 Å². The number of imidazole rings is 1. The molecule has 0 saturated heterocycles. The summed E-state index contributed by atoms with van der Waals surface area (Å²) in [5.41, 5.74) is 0.854. The van der Waals surface area contributed by atoms with Crippen molar-refractivity contribution in [2.24, 2.45) is 0 Å². The van der Waals surface area contributed by atoms with Gasteiger partial charge in [0.05, 0.1) is 17.0 Å². The van der Waals surface area contributed by atoms with Crippen LogP contribution in [0.25, 0.3) is 21.7 Å². The zero-order chi connectivity index (χ0) is 17.3. The van der Waals surface area contributed by atoms with Crippen molar-refractivity contribution in [2.45, 2.75) is 13.0 Å². The van der Waals surface area contributed by atoms with Crippen LogP contribution in [0.1, 0.15) is 17.3 Å². The molecule has 0 spiro atoms. The molecule has 8 heteroatoms. The maximum Gasteiger partial charge on any atom is 0.254 e. The molecule has 4 N–H and O–H groups in total. The fourth-order valence-corrected chi connectivity index (χ4v) is 2.97. The molecule has 3 aromatic rings. The van der Waals surface area contributed by atoms with Crippen molar-refractivity contribution >= 4 is 34.1 Å². The second-order valence-corrected chi connectivity index (χ2v) is 6.19.